The smallest absolute Gasteiger partial charge is 0.407 e. The number of hydrogen-bond donors (Lipinski definition) is 2. The summed E-state index contributed by atoms with van der Waals surface area (Å²) >= 11 is 1.51. The molecule has 0 aliphatic rings. The number of aliphatic hydroxyl groups is 1. The maximum Gasteiger partial charge on any atom is 0.407 e. The van der Waals surface area contributed by atoms with Gasteiger partial charge >= 0.3 is 6.09 Å². The summed E-state index contributed by atoms with van der Waals surface area (Å²) in [6.45, 7) is 2.53. The number of thiophene rings is 1. The third kappa shape index (κ3) is 4.31. The van der Waals surface area contributed by atoms with Gasteiger partial charge < -0.3 is 15.2 Å². The van der Waals surface area contributed by atoms with Gasteiger partial charge in [0.25, 0.3) is 0 Å². The normalized spacial score (nSPS) is 12.1. The van der Waals surface area contributed by atoms with Crippen LogP contribution in [-0.4, -0.2) is 24.4 Å². The van der Waals surface area contributed by atoms with Crippen molar-refractivity contribution in [1.82, 2.24) is 5.32 Å². The van der Waals surface area contributed by atoms with Crippen LogP contribution in [0.25, 0.3) is 0 Å². The average molecular weight is 229 g/mol. The second-order valence-electron chi connectivity index (χ2n) is 2.97. The van der Waals surface area contributed by atoms with Crippen LogP contribution in [0, 0.1) is 0 Å². The van der Waals surface area contributed by atoms with Gasteiger partial charge in [-0.15, -0.1) is 11.3 Å². The third-order valence-corrected chi connectivity index (χ3v) is 2.81. The van der Waals surface area contributed by atoms with Crippen molar-refractivity contribution in [3.8, 4) is 0 Å². The molecule has 1 heterocycles. The Bertz CT molecular complexity index is 287. The summed E-state index contributed by atoms with van der Waals surface area (Å²) in [7, 11) is 0. The zero-order chi connectivity index (χ0) is 11.1. The van der Waals surface area contributed by atoms with Gasteiger partial charge in [-0.2, -0.15) is 0 Å². The molecular formula is C10H15NO3S. The molecule has 0 radical (unpaired) electrons. The van der Waals surface area contributed by atoms with Gasteiger partial charge in [-0.1, -0.05) is 6.07 Å². The van der Waals surface area contributed by atoms with Crippen LogP contribution in [0.3, 0.4) is 0 Å². The van der Waals surface area contributed by atoms with Gasteiger partial charge in [-0.05, 0) is 24.8 Å². The maximum absolute atomic E-state index is 10.9. The fourth-order valence-electron chi connectivity index (χ4n) is 1.12. The third-order valence-electron chi connectivity index (χ3n) is 1.83. The monoisotopic (exact) mass is 229 g/mol. The molecule has 2 N–H and O–H groups in total. The van der Waals surface area contributed by atoms with Crippen LogP contribution >= 0.6 is 11.3 Å². The van der Waals surface area contributed by atoms with Gasteiger partial charge in [0.1, 0.15) is 0 Å². The van der Waals surface area contributed by atoms with E-state index in [1.54, 1.807) is 6.92 Å². The first-order valence-electron chi connectivity index (χ1n) is 4.86. The molecule has 4 nitrogen and oxygen atoms in total. The van der Waals surface area contributed by atoms with Crippen molar-refractivity contribution in [3.63, 3.8) is 0 Å². The maximum atomic E-state index is 10.9. The van der Waals surface area contributed by atoms with Crippen molar-refractivity contribution in [2.75, 3.05) is 13.2 Å². The lowest BCUT2D eigenvalue weighted by Crippen LogP contribution is -2.26. The summed E-state index contributed by atoms with van der Waals surface area (Å²) in [5.41, 5.74) is 0. The van der Waals surface area contributed by atoms with E-state index < -0.39 is 12.2 Å². The van der Waals surface area contributed by atoms with E-state index in [4.69, 9.17) is 0 Å². The van der Waals surface area contributed by atoms with Crippen LogP contribution in [0.15, 0.2) is 17.5 Å². The van der Waals surface area contributed by atoms with Crippen LogP contribution in [0.4, 0.5) is 4.79 Å². The summed E-state index contributed by atoms with van der Waals surface area (Å²) < 4.78 is 4.69. The number of ether oxygens (including phenoxy) is 1. The van der Waals surface area contributed by atoms with E-state index in [1.165, 1.54) is 11.3 Å². The number of carbonyl (C=O) groups excluding carboxylic acids is 1. The van der Waals surface area contributed by atoms with Crippen molar-refractivity contribution < 1.29 is 14.6 Å². The second kappa shape index (κ2) is 6.42. The number of alkyl carbamates (subject to hydrolysis) is 1. The molecule has 0 bridgehead atoms. The van der Waals surface area contributed by atoms with Gasteiger partial charge in [0, 0.05) is 11.4 Å². The Morgan fingerprint density at radius 2 is 2.53 bits per heavy atom. The van der Waals surface area contributed by atoms with E-state index in [-0.39, 0.29) is 0 Å². The fraction of sp³-hybridized carbons (Fsp3) is 0.500. The van der Waals surface area contributed by atoms with Crippen molar-refractivity contribution in [1.29, 1.82) is 0 Å². The highest BCUT2D eigenvalue weighted by molar-refractivity contribution is 7.10. The highest BCUT2D eigenvalue weighted by atomic mass is 32.1. The highest BCUT2D eigenvalue weighted by Gasteiger charge is 2.08. The lowest BCUT2D eigenvalue weighted by atomic mass is 10.2. The van der Waals surface area contributed by atoms with E-state index in [9.17, 15) is 9.90 Å². The van der Waals surface area contributed by atoms with E-state index >= 15 is 0 Å². The average Bonchev–Trinajstić information content (AvgIpc) is 2.70. The minimum Gasteiger partial charge on any atom is -0.450 e. The molecular weight excluding hydrogens is 214 g/mol. The Morgan fingerprint density at radius 3 is 3.13 bits per heavy atom. The summed E-state index contributed by atoms with van der Waals surface area (Å²) in [4.78, 5) is 11.8. The van der Waals surface area contributed by atoms with Crippen molar-refractivity contribution >= 4 is 17.4 Å². The van der Waals surface area contributed by atoms with Crippen molar-refractivity contribution in [2.45, 2.75) is 19.4 Å². The number of amides is 1. The van der Waals surface area contributed by atoms with Crippen LogP contribution in [0.2, 0.25) is 0 Å². The first-order valence-corrected chi connectivity index (χ1v) is 5.74. The SMILES string of the molecule is CCOC(=O)NCCC(O)c1cccs1. The Balaban J connectivity index is 2.18. The lowest BCUT2D eigenvalue weighted by molar-refractivity contribution is 0.144. The first kappa shape index (κ1) is 12.0. The molecule has 0 aliphatic carbocycles. The van der Waals surface area contributed by atoms with Gasteiger partial charge in [-0.25, -0.2) is 4.79 Å². The molecule has 1 unspecified atom stereocenters. The summed E-state index contributed by atoms with van der Waals surface area (Å²) in [5.74, 6) is 0. The second-order valence-corrected chi connectivity index (χ2v) is 3.95. The molecule has 1 aromatic heterocycles. The number of rotatable bonds is 5. The molecule has 1 aromatic rings. The predicted octanol–water partition coefficient (Wildman–Crippen LogP) is 1.92. The summed E-state index contributed by atoms with van der Waals surface area (Å²) in [6, 6.07) is 3.77. The number of carbonyl (C=O) groups is 1. The molecule has 1 atom stereocenters. The van der Waals surface area contributed by atoms with Gasteiger partial charge in [0.2, 0.25) is 0 Å². The van der Waals surface area contributed by atoms with Crippen molar-refractivity contribution in [3.05, 3.63) is 22.4 Å². The highest BCUT2D eigenvalue weighted by Crippen LogP contribution is 2.20. The molecule has 84 valence electrons. The molecule has 1 rings (SSSR count). The topological polar surface area (TPSA) is 58.6 Å². The lowest BCUT2D eigenvalue weighted by Gasteiger charge is -2.09. The Hall–Kier alpha value is -1.07. The number of aliphatic hydroxyl groups excluding tert-OH is 1. The van der Waals surface area contributed by atoms with Crippen LogP contribution < -0.4 is 5.32 Å². The largest absolute Gasteiger partial charge is 0.450 e. The number of nitrogens with one attached hydrogen (secondary N) is 1. The standard InChI is InChI=1S/C10H15NO3S/c1-2-14-10(13)11-6-5-8(12)9-4-3-7-15-9/h3-4,7-8,12H,2,5-6H2,1H3,(H,11,13). The summed E-state index contributed by atoms with van der Waals surface area (Å²) in [5, 5.41) is 14.1. The van der Waals surface area contributed by atoms with E-state index in [1.807, 2.05) is 17.5 Å². The van der Waals surface area contributed by atoms with Gasteiger partial charge in [0.15, 0.2) is 0 Å². The predicted molar refractivity (Wildman–Crippen MR) is 58.9 cm³/mol. The van der Waals surface area contributed by atoms with Gasteiger partial charge in [-0.3, -0.25) is 0 Å². The quantitative estimate of drug-likeness (QED) is 0.811. The molecule has 1 amide bonds. The van der Waals surface area contributed by atoms with Crippen LogP contribution in [0.5, 0.6) is 0 Å². The van der Waals surface area contributed by atoms with Crippen LogP contribution in [-0.2, 0) is 4.74 Å². The van der Waals surface area contributed by atoms with E-state index in [0.29, 0.717) is 19.6 Å². The molecule has 0 saturated carbocycles. The Morgan fingerprint density at radius 1 is 1.73 bits per heavy atom. The molecule has 0 spiro atoms. The minimum atomic E-state index is -0.507. The zero-order valence-corrected chi connectivity index (χ0v) is 9.42. The van der Waals surface area contributed by atoms with E-state index in [0.717, 1.165) is 4.88 Å². The first-order chi connectivity index (χ1) is 7.24. The van der Waals surface area contributed by atoms with Crippen LogP contribution in [0.1, 0.15) is 24.3 Å². The molecule has 0 fully saturated rings. The molecule has 0 aliphatic heterocycles. The Labute approximate surface area is 92.9 Å². The Kier molecular flexibility index (Phi) is 5.14. The zero-order valence-electron chi connectivity index (χ0n) is 8.60. The summed E-state index contributed by atoms with van der Waals surface area (Å²) in [6.07, 6.45) is -0.443. The molecule has 0 aromatic carbocycles. The van der Waals surface area contributed by atoms with Crippen molar-refractivity contribution in [2.24, 2.45) is 0 Å². The molecule has 15 heavy (non-hydrogen) atoms. The van der Waals surface area contributed by atoms with Gasteiger partial charge in [0.05, 0.1) is 12.7 Å². The fourth-order valence-corrected chi connectivity index (χ4v) is 1.86. The molecule has 5 heteroatoms. The minimum absolute atomic E-state index is 0.360. The van der Waals surface area contributed by atoms with E-state index in [2.05, 4.69) is 10.1 Å². The number of hydrogen-bond acceptors (Lipinski definition) is 4. The molecule has 0 saturated heterocycles.